The van der Waals surface area contributed by atoms with E-state index in [9.17, 15) is 25.6 Å². The first-order chi connectivity index (χ1) is 13.1. The summed E-state index contributed by atoms with van der Waals surface area (Å²) >= 11 is 0. The predicted octanol–water partition coefficient (Wildman–Crippen LogP) is 2.80. The monoisotopic (exact) mass is 434 g/mol. The average molecular weight is 434 g/mol. The Morgan fingerprint density at radius 1 is 1.00 bits per heavy atom. The van der Waals surface area contributed by atoms with Crippen molar-refractivity contribution in [1.82, 2.24) is 4.31 Å². The maximum Gasteiger partial charge on any atom is 0.267 e. The van der Waals surface area contributed by atoms with E-state index in [2.05, 4.69) is 0 Å². The van der Waals surface area contributed by atoms with Gasteiger partial charge >= 0.3 is 0 Å². The molecule has 0 aliphatic carbocycles. The van der Waals surface area contributed by atoms with Crippen LogP contribution in [0.3, 0.4) is 0 Å². The molecule has 0 aromatic heterocycles. The van der Waals surface area contributed by atoms with Crippen LogP contribution in [0.25, 0.3) is 0 Å². The van der Waals surface area contributed by atoms with E-state index in [1.54, 1.807) is 13.8 Å². The van der Waals surface area contributed by atoms with Crippen molar-refractivity contribution in [2.45, 2.75) is 23.6 Å². The molecule has 7 nitrogen and oxygen atoms in total. The third-order valence-corrected chi connectivity index (χ3v) is 7.41. The Morgan fingerprint density at radius 3 is 2.07 bits per heavy atom. The maximum atomic E-state index is 13.9. The predicted molar refractivity (Wildman–Crippen MR) is 100 cm³/mol. The molecule has 0 spiro atoms. The molecule has 2 aromatic carbocycles. The maximum absolute atomic E-state index is 13.9. The van der Waals surface area contributed by atoms with Crippen molar-refractivity contribution in [3.63, 3.8) is 0 Å². The molecule has 154 valence electrons. The summed E-state index contributed by atoms with van der Waals surface area (Å²) < 4.78 is 86.4. The second kappa shape index (κ2) is 8.41. The first-order valence-electron chi connectivity index (χ1n) is 8.23. The highest BCUT2D eigenvalue weighted by atomic mass is 32.2. The number of benzene rings is 2. The van der Waals surface area contributed by atoms with Crippen molar-refractivity contribution in [2.75, 3.05) is 24.9 Å². The van der Waals surface area contributed by atoms with E-state index >= 15 is 0 Å². The van der Waals surface area contributed by atoms with Gasteiger partial charge in [0.25, 0.3) is 10.0 Å². The van der Waals surface area contributed by atoms with Crippen LogP contribution in [0.5, 0.6) is 5.75 Å². The van der Waals surface area contributed by atoms with Gasteiger partial charge in [0, 0.05) is 13.1 Å². The molecule has 2 aromatic rings. The zero-order valence-corrected chi connectivity index (χ0v) is 17.1. The summed E-state index contributed by atoms with van der Waals surface area (Å²) in [6, 6.07) is 6.19. The minimum Gasteiger partial charge on any atom is -0.495 e. The van der Waals surface area contributed by atoms with Crippen molar-refractivity contribution in [3.05, 3.63) is 48.0 Å². The number of methoxy groups -OCH3 is 1. The van der Waals surface area contributed by atoms with Crippen molar-refractivity contribution in [3.8, 4) is 5.75 Å². The molecule has 0 amide bonds. The quantitative estimate of drug-likeness (QED) is 0.690. The zero-order chi connectivity index (χ0) is 21.1. The molecule has 0 atom stereocenters. The van der Waals surface area contributed by atoms with Crippen LogP contribution in [-0.4, -0.2) is 41.3 Å². The fraction of sp³-hybridized carbons (Fsp3) is 0.294. The molecule has 0 bridgehead atoms. The highest BCUT2D eigenvalue weighted by Gasteiger charge is 2.27. The van der Waals surface area contributed by atoms with Gasteiger partial charge in [-0.15, -0.1) is 0 Å². The normalized spacial score (nSPS) is 12.2. The van der Waals surface area contributed by atoms with Gasteiger partial charge in [-0.3, -0.25) is 4.72 Å². The number of hydrogen-bond acceptors (Lipinski definition) is 5. The van der Waals surface area contributed by atoms with Crippen LogP contribution in [0.15, 0.2) is 46.2 Å². The Bertz CT molecular complexity index is 1050. The smallest absolute Gasteiger partial charge is 0.267 e. The van der Waals surface area contributed by atoms with Crippen LogP contribution in [0.1, 0.15) is 13.8 Å². The van der Waals surface area contributed by atoms with E-state index in [1.165, 1.54) is 23.5 Å². The van der Waals surface area contributed by atoms with E-state index < -0.39 is 36.6 Å². The lowest BCUT2D eigenvalue weighted by molar-refractivity contribution is 0.416. The lowest BCUT2D eigenvalue weighted by atomic mass is 10.3. The molecule has 0 saturated carbocycles. The standard InChI is InChI=1S/C17H20F2N2O5S2/c1-4-21(5-2)28(24,25)12-9-10-16(26-3)15(11-12)20-27(22,23)17-13(18)7-6-8-14(17)19/h6-11,20H,4-5H2,1-3H3. The summed E-state index contributed by atoms with van der Waals surface area (Å²) in [5, 5.41) is 0. The van der Waals surface area contributed by atoms with Crippen LogP contribution in [-0.2, 0) is 20.0 Å². The van der Waals surface area contributed by atoms with Gasteiger partial charge in [0.1, 0.15) is 17.4 Å². The Morgan fingerprint density at radius 2 is 1.57 bits per heavy atom. The lowest BCUT2D eigenvalue weighted by Crippen LogP contribution is -2.30. The van der Waals surface area contributed by atoms with Crippen LogP contribution >= 0.6 is 0 Å². The molecular weight excluding hydrogens is 414 g/mol. The molecule has 0 aliphatic heterocycles. The van der Waals surface area contributed by atoms with E-state index in [0.717, 1.165) is 24.3 Å². The number of sulfonamides is 2. The van der Waals surface area contributed by atoms with Gasteiger partial charge in [-0.1, -0.05) is 19.9 Å². The van der Waals surface area contributed by atoms with Crippen LogP contribution in [0.2, 0.25) is 0 Å². The number of hydrogen-bond donors (Lipinski definition) is 1. The van der Waals surface area contributed by atoms with Crippen LogP contribution < -0.4 is 9.46 Å². The highest BCUT2D eigenvalue weighted by Crippen LogP contribution is 2.31. The first kappa shape index (κ1) is 22.1. The third kappa shape index (κ3) is 4.26. The zero-order valence-electron chi connectivity index (χ0n) is 15.4. The van der Waals surface area contributed by atoms with Crippen molar-refractivity contribution < 1.29 is 30.4 Å². The fourth-order valence-corrected chi connectivity index (χ4v) is 5.26. The van der Waals surface area contributed by atoms with Gasteiger partial charge < -0.3 is 4.74 Å². The summed E-state index contributed by atoms with van der Waals surface area (Å²) in [7, 11) is -7.33. The van der Waals surface area contributed by atoms with E-state index in [-0.39, 0.29) is 29.4 Å². The third-order valence-electron chi connectivity index (χ3n) is 3.95. The van der Waals surface area contributed by atoms with E-state index in [4.69, 9.17) is 4.74 Å². The number of nitrogens with zero attached hydrogens (tertiary/aromatic N) is 1. The second-order valence-corrected chi connectivity index (χ2v) is 9.16. The fourth-order valence-electron chi connectivity index (χ4n) is 2.57. The van der Waals surface area contributed by atoms with Gasteiger partial charge in [0.2, 0.25) is 10.0 Å². The SMILES string of the molecule is CCN(CC)S(=O)(=O)c1ccc(OC)c(NS(=O)(=O)c2c(F)cccc2F)c1. The molecule has 0 aliphatic rings. The van der Waals surface area contributed by atoms with Gasteiger partial charge in [0.05, 0.1) is 17.7 Å². The summed E-state index contributed by atoms with van der Waals surface area (Å²) in [4.78, 5) is -1.36. The molecule has 2 rings (SSSR count). The molecule has 0 radical (unpaired) electrons. The molecule has 1 N–H and O–H groups in total. The van der Waals surface area contributed by atoms with E-state index in [1.807, 2.05) is 4.72 Å². The molecule has 11 heteroatoms. The topological polar surface area (TPSA) is 92.8 Å². The Labute approximate surface area is 163 Å². The Kier molecular flexibility index (Phi) is 6.63. The molecule has 0 heterocycles. The van der Waals surface area contributed by atoms with Crippen molar-refractivity contribution in [2.24, 2.45) is 0 Å². The number of ether oxygens (including phenoxy) is 1. The Hall–Kier alpha value is -2.24. The molecule has 0 fully saturated rings. The van der Waals surface area contributed by atoms with Crippen LogP contribution in [0.4, 0.5) is 14.5 Å². The largest absolute Gasteiger partial charge is 0.495 e. The minimum atomic E-state index is -4.69. The number of halogens is 2. The molecule has 28 heavy (non-hydrogen) atoms. The molecule has 0 unspecified atom stereocenters. The van der Waals surface area contributed by atoms with E-state index in [0.29, 0.717) is 0 Å². The second-order valence-electron chi connectivity index (χ2n) is 5.61. The number of anilines is 1. The van der Waals surface area contributed by atoms with Gasteiger partial charge in [-0.05, 0) is 30.3 Å². The van der Waals surface area contributed by atoms with Crippen LogP contribution in [0, 0.1) is 11.6 Å². The summed E-state index contributed by atoms with van der Waals surface area (Å²) in [5.41, 5.74) is -0.265. The summed E-state index contributed by atoms with van der Waals surface area (Å²) in [6.07, 6.45) is 0. The lowest BCUT2D eigenvalue weighted by Gasteiger charge is -2.20. The minimum absolute atomic E-state index is 0.0150. The molecule has 0 saturated heterocycles. The van der Waals surface area contributed by atoms with Gasteiger partial charge in [-0.2, -0.15) is 4.31 Å². The first-order valence-corrected chi connectivity index (χ1v) is 11.2. The average Bonchev–Trinajstić information content (AvgIpc) is 2.61. The van der Waals surface area contributed by atoms with Crippen molar-refractivity contribution >= 4 is 25.7 Å². The van der Waals surface area contributed by atoms with Gasteiger partial charge in [-0.25, -0.2) is 25.6 Å². The summed E-state index contributed by atoms with van der Waals surface area (Å²) in [6.45, 7) is 3.75. The summed E-state index contributed by atoms with van der Waals surface area (Å²) in [5.74, 6) is -2.57. The number of rotatable bonds is 8. The number of nitrogens with one attached hydrogen (secondary N) is 1. The highest BCUT2D eigenvalue weighted by molar-refractivity contribution is 7.92. The van der Waals surface area contributed by atoms with Gasteiger partial charge in [0.15, 0.2) is 4.90 Å². The molecular formula is C17H20F2N2O5S2. The Balaban J connectivity index is 2.57. The van der Waals surface area contributed by atoms with Crippen molar-refractivity contribution in [1.29, 1.82) is 0 Å².